The van der Waals surface area contributed by atoms with Crippen LogP contribution in [0.15, 0.2) is 5.38 Å². The van der Waals surface area contributed by atoms with Crippen molar-refractivity contribution in [3.63, 3.8) is 0 Å². The zero-order chi connectivity index (χ0) is 10.0. The second kappa shape index (κ2) is 3.96. The van der Waals surface area contributed by atoms with Crippen LogP contribution >= 0.6 is 11.3 Å². The fourth-order valence-corrected chi connectivity index (χ4v) is 2.68. The van der Waals surface area contributed by atoms with Crippen LogP contribution in [0.5, 0.6) is 0 Å². The lowest BCUT2D eigenvalue weighted by Crippen LogP contribution is -2.30. The van der Waals surface area contributed by atoms with E-state index in [-0.39, 0.29) is 12.2 Å². The normalized spacial score (nSPS) is 27.9. The van der Waals surface area contributed by atoms with Crippen LogP contribution in [-0.4, -0.2) is 16.7 Å². The Balaban J connectivity index is 2.19. The van der Waals surface area contributed by atoms with E-state index in [1.54, 1.807) is 11.3 Å². The van der Waals surface area contributed by atoms with Gasteiger partial charge in [-0.05, 0) is 26.2 Å². The minimum absolute atomic E-state index is 0.0204. The van der Waals surface area contributed by atoms with Crippen molar-refractivity contribution in [3.8, 4) is 0 Å². The Bertz CT molecular complexity index is 305. The highest BCUT2D eigenvalue weighted by atomic mass is 32.1. The summed E-state index contributed by atoms with van der Waals surface area (Å²) in [7, 11) is 0. The minimum atomic E-state index is -0.212. The fourth-order valence-electron chi connectivity index (χ4n) is 1.73. The van der Waals surface area contributed by atoms with Gasteiger partial charge in [-0.15, -0.1) is 11.3 Å². The summed E-state index contributed by atoms with van der Waals surface area (Å²) in [6.07, 6.45) is 3.38. The molecular formula is C10H15NO2S. The Morgan fingerprint density at radius 2 is 2.50 bits per heavy atom. The van der Waals surface area contributed by atoms with E-state index in [9.17, 15) is 0 Å². The molecule has 0 aliphatic carbocycles. The van der Waals surface area contributed by atoms with Crippen molar-refractivity contribution in [2.45, 2.75) is 38.4 Å². The first-order chi connectivity index (χ1) is 6.74. The van der Waals surface area contributed by atoms with Crippen LogP contribution in [0.4, 0.5) is 0 Å². The zero-order valence-electron chi connectivity index (χ0n) is 8.32. The van der Waals surface area contributed by atoms with E-state index < -0.39 is 0 Å². The number of aliphatic hydroxyl groups excluding tert-OH is 1. The van der Waals surface area contributed by atoms with Crippen molar-refractivity contribution in [1.82, 2.24) is 4.98 Å². The molecule has 0 bridgehead atoms. The molecule has 78 valence electrons. The lowest BCUT2D eigenvalue weighted by molar-refractivity contribution is -0.0703. The van der Waals surface area contributed by atoms with Gasteiger partial charge in [0, 0.05) is 12.0 Å². The quantitative estimate of drug-likeness (QED) is 0.817. The molecule has 1 aliphatic heterocycles. The third kappa shape index (κ3) is 1.82. The summed E-state index contributed by atoms with van der Waals surface area (Å²) in [6.45, 7) is 2.93. The second-order valence-corrected chi connectivity index (χ2v) is 4.70. The highest BCUT2D eigenvalue weighted by Gasteiger charge is 2.32. The summed E-state index contributed by atoms with van der Waals surface area (Å²) in [5, 5.41) is 11.8. The largest absolute Gasteiger partial charge is 0.390 e. The summed E-state index contributed by atoms with van der Waals surface area (Å²) < 4.78 is 5.78. The van der Waals surface area contributed by atoms with Gasteiger partial charge in [-0.25, -0.2) is 4.98 Å². The first kappa shape index (κ1) is 10.1. The lowest BCUT2D eigenvalue weighted by Gasteiger charge is -2.31. The van der Waals surface area contributed by atoms with Crippen LogP contribution < -0.4 is 0 Å². The molecule has 4 heteroatoms. The maximum Gasteiger partial charge on any atom is 0.125 e. The van der Waals surface area contributed by atoms with Crippen molar-refractivity contribution < 1.29 is 9.84 Å². The topological polar surface area (TPSA) is 42.4 Å². The van der Waals surface area contributed by atoms with Crippen LogP contribution in [0.25, 0.3) is 0 Å². The Hall–Kier alpha value is -0.450. The van der Waals surface area contributed by atoms with Crippen molar-refractivity contribution in [3.05, 3.63) is 16.1 Å². The summed E-state index contributed by atoms with van der Waals surface area (Å²) in [4.78, 5) is 4.37. The predicted molar refractivity (Wildman–Crippen MR) is 55.2 cm³/mol. The third-order valence-electron chi connectivity index (χ3n) is 2.63. The maximum absolute atomic E-state index is 8.94. The standard InChI is InChI=1S/C10H15NO2S/c1-10(4-2-3-5-13-10)9-11-8(6-12)7-14-9/h7,12H,2-6H2,1H3. The molecule has 1 aromatic rings. The van der Waals surface area contributed by atoms with Crippen LogP contribution in [0.3, 0.4) is 0 Å². The van der Waals surface area contributed by atoms with Gasteiger partial charge in [0.05, 0.1) is 12.3 Å². The molecule has 1 aliphatic rings. The molecule has 1 saturated heterocycles. The molecule has 0 spiro atoms. The molecule has 3 nitrogen and oxygen atoms in total. The van der Waals surface area contributed by atoms with Crippen LogP contribution in [-0.2, 0) is 16.9 Å². The van der Waals surface area contributed by atoms with Crippen molar-refractivity contribution in [2.24, 2.45) is 0 Å². The Kier molecular flexibility index (Phi) is 2.85. The van der Waals surface area contributed by atoms with E-state index in [4.69, 9.17) is 9.84 Å². The molecule has 1 atom stereocenters. The van der Waals surface area contributed by atoms with Crippen molar-refractivity contribution in [2.75, 3.05) is 6.61 Å². The van der Waals surface area contributed by atoms with Gasteiger partial charge in [0.1, 0.15) is 10.6 Å². The van der Waals surface area contributed by atoms with Gasteiger partial charge >= 0.3 is 0 Å². The molecule has 1 N–H and O–H groups in total. The second-order valence-electron chi connectivity index (χ2n) is 3.84. The van der Waals surface area contributed by atoms with Gasteiger partial charge < -0.3 is 9.84 Å². The fraction of sp³-hybridized carbons (Fsp3) is 0.700. The van der Waals surface area contributed by atoms with Gasteiger partial charge in [-0.3, -0.25) is 0 Å². The Morgan fingerprint density at radius 1 is 1.64 bits per heavy atom. The van der Waals surface area contributed by atoms with Crippen molar-refractivity contribution >= 4 is 11.3 Å². The molecular weight excluding hydrogens is 198 g/mol. The molecule has 0 amide bonds. The van der Waals surface area contributed by atoms with E-state index in [2.05, 4.69) is 11.9 Å². The number of aliphatic hydroxyl groups is 1. The van der Waals surface area contributed by atoms with Crippen LogP contribution in [0.2, 0.25) is 0 Å². The first-order valence-corrected chi connectivity index (χ1v) is 5.82. The van der Waals surface area contributed by atoms with Gasteiger partial charge in [0.15, 0.2) is 0 Å². The molecule has 0 radical (unpaired) electrons. The highest BCUT2D eigenvalue weighted by molar-refractivity contribution is 7.09. The molecule has 1 unspecified atom stereocenters. The minimum Gasteiger partial charge on any atom is -0.390 e. The van der Waals surface area contributed by atoms with Gasteiger partial charge in [0.2, 0.25) is 0 Å². The number of hydrogen-bond acceptors (Lipinski definition) is 4. The van der Waals surface area contributed by atoms with E-state index in [1.807, 2.05) is 5.38 Å². The van der Waals surface area contributed by atoms with E-state index in [0.717, 1.165) is 30.2 Å². The predicted octanol–water partition coefficient (Wildman–Crippen LogP) is 2.05. The van der Waals surface area contributed by atoms with Crippen LogP contribution in [0, 0.1) is 0 Å². The molecule has 1 fully saturated rings. The zero-order valence-corrected chi connectivity index (χ0v) is 9.14. The number of ether oxygens (including phenoxy) is 1. The SMILES string of the molecule is CC1(c2nc(CO)cs2)CCCCO1. The number of thiazole rings is 1. The lowest BCUT2D eigenvalue weighted by atomic mass is 9.97. The molecule has 0 saturated carbocycles. The smallest absolute Gasteiger partial charge is 0.125 e. The monoisotopic (exact) mass is 213 g/mol. The Morgan fingerprint density at radius 3 is 3.07 bits per heavy atom. The summed E-state index contributed by atoms with van der Waals surface area (Å²) in [5.74, 6) is 0. The maximum atomic E-state index is 8.94. The Labute approximate surface area is 87.7 Å². The molecule has 1 aromatic heterocycles. The summed E-state index contributed by atoms with van der Waals surface area (Å²) in [6, 6.07) is 0. The number of rotatable bonds is 2. The van der Waals surface area contributed by atoms with Crippen LogP contribution in [0.1, 0.15) is 36.9 Å². The summed E-state index contributed by atoms with van der Waals surface area (Å²) in [5.41, 5.74) is 0.538. The van der Waals surface area contributed by atoms with Gasteiger partial charge in [-0.2, -0.15) is 0 Å². The molecule has 0 aromatic carbocycles. The van der Waals surface area contributed by atoms with E-state index >= 15 is 0 Å². The highest BCUT2D eigenvalue weighted by Crippen LogP contribution is 2.36. The number of nitrogens with zero attached hydrogens (tertiary/aromatic N) is 1. The third-order valence-corrected chi connectivity index (χ3v) is 3.77. The number of hydrogen-bond donors (Lipinski definition) is 1. The van der Waals surface area contributed by atoms with Crippen molar-refractivity contribution in [1.29, 1.82) is 0 Å². The molecule has 14 heavy (non-hydrogen) atoms. The van der Waals surface area contributed by atoms with Gasteiger partial charge in [0.25, 0.3) is 0 Å². The molecule has 2 heterocycles. The average molecular weight is 213 g/mol. The van der Waals surface area contributed by atoms with E-state index in [0.29, 0.717) is 0 Å². The van der Waals surface area contributed by atoms with E-state index in [1.165, 1.54) is 6.42 Å². The number of aromatic nitrogens is 1. The average Bonchev–Trinajstić information content (AvgIpc) is 2.67. The van der Waals surface area contributed by atoms with Gasteiger partial charge in [-0.1, -0.05) is 0 Å². The first-order valence-electron chi connectivity index (χ1n) is 4.94. The summed E-state index contributed by atoms with van der Waals surface area (Å²) >= 11 is 1.58. The molecule has 2 rings (SSSR count).